The summed E-state index contributed by atoms with van der Waals surface area (Å²) in [7, 11) is 0. The van der Waals surface area contributed by atoms with Crippen LogP contribution in [0.5, 0.6) is 0 Å². The van der Waals surface area contributed by atoms with E-state index >= 15 is 0 Å². The van der Waals surface area contributed by atoms with Gasteiger partial charge in [-0.3, -0.25) is 4.98 Å². The highest BCUT2D eigenvalue weighted by molar-refractivity contribution is 5.71. The highest BCUT2D eigenvalue weighted by atomic mass is 16.2. The highest BCUT2D eigenvalue weighted by Gasteiger charge is 1.92. The summed E-state index contributed by atoms with van der Waals surface area (Å²) >= 11 is 0. The molecule has 1 aromatic heterocycles. The molecule has 4 nitrogen and oxygen atoms in total. The molecule has 0 atom stereocenters. The molecule has 4 heteroatoms. The highest BCUT2D eigenvalue weighted by Crippen LogP contribution is 1.93. The van der Waals surface area contributed by atoms with Crippen LogP contribution in [0.1, 0.15) is 19.4 Å². The lowest BCUT2D eigenvalue weighted by Gasteiger charge is -1.99. The Labute approximate surface area is 78.2 Å². The lowest BCUT2D eigenvalue weighted by Crippen LogP contribution is -2.28. The Hall–Kier alpha value is -1.58. The smallest absolute Gasteiger partial charge is 0.312 e. The van der Waals surface area contributed by atoms with Gasteiger partial charge in [0, 0.05) is 18.9 Å². The lowest BCUT2D eigenvalue weighted by molar-refractivity contribution is 0.248. The number of urea groups is 1. The van der Waals surface area contributed by atoms with E-state index in [1.807, 2.05) is 26.0 Å². The first-order valence-corrected chi connectivity index (χ1v) is 4.21. The second-order valence-electron chi connectivity index (χ2n) is 2.07. The van der Waals surface area contributed by atoms with Crippen LogP contribution in [0.4, 0.5) is 4.79 Å². The number of carbonyl (C=O) groups is 1. The van der Waals surface area contributed by atoms with Crippen LogP contribution in [0.25, 0.3) is 0 Å². The number of aromatic nitrogens is 1. The van der Waals surface area contributed by atoms with E-state index in [0.29, 0.717) is 6.54 Å². The van der Waals surface area contributed by atoms with Crippen LogP contribution in [0, 0.1) is 0 Å². The molecule has 13 heavy (non-hydrogen) atoms. The van der Waals surface area contributed by atoms with E-state index in [4.69, 9.17) is 5.73 Å². The summed E-state index contributed by atoms with van der Waals surface area (Å²) in [5.74, 6) is 0. The number of nitrogens with zero attached hydrogens (tertiary/aromatic N) is 1. The Morgan fingerprint density at radius 1 is 1.46 bits per heavy atom. The van der Waals surface area contributed by atoms with Crippen molar-refractivity contribution in [3.63, 3.8) is 0 Å². The number of carbonyl (C=O) groups excluding carboxylic acids is 1. The van der Waals surface area contributed by atoms with Crippen molar-refractivity contribution >= 4 is 6.03 Å². The molecule has 0 radical (unpaired) electrons. The van der Waals surface area contributed by atoms with Crippen molar-refractivity contribution in [1.29, 1.82) is 0 Å². The zero-order chi connectivity index (χ0) is 10.1. The largest absolute Gasteiger partial charge is 0.352 e. The Balaban J connectivity index is 0.000000671. The Bertz CT molecular complexity index is 236. The third-order valence-corrected chi connectivity index (χ3v) is 1.22. The summed E-state index contributed by atoms with van der Waals surface area (Å²) < 4.78 is 0. The molecule has 1 heterocycles. The molecule has 72 valence electrons. The van der Waals surface area contributed by atoms with Crippen LogP contribution in [-0.2, 0) is 6.54 Å². The number of amides is 2. The SMILES string of the molecule is CC.NC(=O)NCc1ccncc1. The van der Waals surface area contributed by atoms with Gasteiger partial charge in [-0.2, -0.15) is 0 Å². The Morgan fingerprint density at radius 2 is 2.00 bits per heavy atom. The van der Waals surface area contributed by atoms with E-state index in [1.165, 1.54) is 0 Å². The van der Waals surface area contributed by atoms with Crippen LogP contribution >= 0.6 is 0 Å². The van der Waals surface area contributed by atoms with Crippen molar-refractivity contribution in [2.45, 2.75) is 20.4 Å². The van der Waals surface area contributed by atoms with Crippen molar-refractivity contribution in [2.75, 3.05) is 0 Å². The normalized spacial score (nSPS) is 8.15. The molecular formula is C9H15N3O. The molecule has 0 aliphatic carbocycles. The van der Waals surface area contributed by atoms with Crippen molar-refractivity contribution in [3.05, 3.63) is 30.1 Å². The second-order valence-corrected chi connectivity index (χ2v) is 2.07. The molecule has 0 saturated carbocycles. The summed E-state index contributed by atoms with van der Waals surface area (Å²) in [6.07, 6.45) is 3.33. The van der Waals surface area contributed by atoms with Crippen LogP contribution in [-0.4, -0.2) is 11.0 Å². The molecule has 2 amide bonds. The molecule has 0 spiro atoms. The molecule has 3 N–H and O–H groups in total. The average Bonchev–Trinajstić information content (AvgIpc) is 2.19. The maximum absolute atomic E-state index is 10.3. The average molecular weight is 181 g/mol. The van der Waals surface area contributed by atoms with Gasteiger partial charge in [-0.15, -0.1) is 0 Å². The zero-order valence-electron chi connectivity index (χ0n) is 7.95. The fourth-order valence-electron chi connectivity index (χ4n) is 0.690. The van der Waals surface area contributed by atoms with Gasteiger partial charge in [0.15, 0.2) is 0 Å². The monoisotopic (exact) mass is 181 g/mol. The number of hydrogen-bond donors (Lipinski definition) is 2. The predicted molar refractivity (Wildman–Crippen MR) is 52.0 cm³/mol. The quantitative estimate of drug-likeness (QED) is 0.721. The minimum absolute atomic E-state index is 0.456. The van der Waals surface area contributed by atoms with Gasteiger partial charge in [-0.05, 0) is 17.7 Å². The second kappa shape index (κ2) is 7.09. The minimum atomic E-state index is -0.512. The lowest BCUT2D eigenvalue weighted by atomic mass is 10.3. The van der Waals surface area contributed by atoms with Gasteiger partial charge in [0.2, 0.25) is 0 Å². The third kappa shape index (κ3) is 5.66. The van der Waals surface area contributed by atoms with Gasteiger partial charge in [0.05, 0.1) is 0 Å². The van der Waals surface area contributed by atoms with E-state index < -0.39 is 6.03 Å². The van der Waals surface area contributed by atoms with E-state index in [-0.39, 0.29) is 0 Å². The summed E-state index contributed by atoms with van der Waals surface area (Å²) in [6, 6.07) is 3.12. The number of rotatable bonds is 2. The molecule has 0 saturated heterocycles. The van der Waals surface area contributed by atoms with Gasteiger partial charge in [0.1, 0.15) is 0 Å². The maximum Gasteiger partial charge on any atom is 0.312 e. The molecule has 0 aliphatic heterocycles. The summed E-state index contributed by atoms with van der Waals surface area (Å²) in [6.45, 7) is 4.46. The first-order chi connectivity index (χ1) is 6.29. The molecule has 0 aromatic carbocycles. The van der Waals surface area contributed by atoms with Gasteiger partial charge in [-0.1, -0.05) is 13.8 Å². The third-order valence-electron chi connectivity index (χ3n) is 1.22. The summed E-state index contributed by atoms with van der Waals surface area (Å²) in [5.41, 5.74) is 5.86. The van der Waals surface area contributed by atoms with Gasteiger partial charge in [0.25, 0.3) is 0 Å². The van der Waals surface area contributed by atoms with Crippen LogP contribution < -0.4 is 11.1 Å². The van der Waals surface area contributed by atoms with Crippen LogP contribution in [0.2, 0.25) is 0 Å². The van der Waals surface area contributed by atoms with Crippen molar-refractivity contribution in [3.8, 4) is 0 Å². The van der Waals surface area contributed by atoms with E-state index in [2.05, 4.69) is 10.3 Å². The van der Waals surface area contributed by atoms with Gasteiger partial charge in [-0.25, -0.2) is 4.79 Å². The van der Waals surface area contributed by atoms with E-state index in [9.17, 15) is 4.79 Å². The Morgan fingerprint density at radius 3 is 2.46 bits per heavy atom. The van der Waals surface area contributed by atoms with Crippen molar-refractivity contribution < 1.29 is 4.79 Å². The van der Waals surface area contributed by atoms with Crippen molar-refractivity contribution in [2.24, 2.45) is 5.73 Å². The van der Waals surface area contributed by atoms with E-state index in [0.717, 1.165) is 5.56 Å². The van der Waals surface area contributed by atoms with Crippen molar-refractivity contribution in [1.82, 2.24) is 10.3 Å². The molecule has 1 aromatic rings. The number of nitrogens with two attached hydrogens (primary N) is 1. The number of hydrogen-bond acceptors (Lipinski definition) is 2. The number of primary amides is 1. The molecule has 0 fully saturated rings. The van der Waals surface area contributed by atoms with Gasteiger partial charge < -0.3 is 11.1 Å². The Kier molecular flexibility index (Phi) is 6.23. The standard InChI is InChI=1S/C7H9N3O.C2H6/c8-7(11)10-5-6-1-3-9-4-2-6;1-2/h1-4H,5H2,(H3,8,10,11);1-2H3. The first kappa shape index (κ1) is 11.4. The van der Waals surface area contributed by atoms with E-state index in [1.54, 1.807) is 12.4 Å². The first-order valence-electron chi connectivity index (χ1n) is 4.21. The van der Waals surface area contributed by atoms with Gasteiger partial charge >= 0.3 is 6.03 Å². The fourth-order valence-corrected chi connectivity index (χ4v) is 0.690. The molecule has 0 aliphatic rings. The molecule has 0 unspecified atom stereocenters. The molecule has 1 rings (SSSR count). The maximum atomic E-state index is 10.3. The van der Waals surface area contributed by atoms with Crippen LogP contribution in [0.3, 0.4) is 0 Å². The minimum Gasteiger partial charge on any atom is -0.352 e. The summed E-state index contributed by atoms with van der Waals surface area (Å²) in [4.78, 5) is 14.1. The van der Waals surface area contributed by atoms with Crippen LogP contribution in [0.15, 0.2) is 24.5 Å². The topological polar surface area (TPSA) is 68.0 Å². The fraction of sp³-hybridized carbons (Fsp3) is 0.333. The number of nitrogens with one attached hydrogen (secondary N) is 1. The number of pyridine rings is 1. The molecular weight excluding hydrogens is 166 g/mol. The molecule has 0 bridgehead atoms. The summed E-state index contributed by atoms with van der Waals surface area (Å²) in [5, 5.41) is 2.47. The predicted octanol–water partition coefficient (Wildman–Crippen LogP) is 1.28. The zero-order valence-corrected chi connectivity index (χ0v) is 7.95.